The van der Waals surface area contributed by atoms with Gasteiger partial charge in [-0.1, -0.05) is 12.1 Å². The van der Waals surface area contributed by atoms with Crippen molar-refractivity contribution in [2.45, 2.75) is 40.8 Å². The van der Waals surface area contributed by atoms with Gasteiger partial charge in [-0.3, -0.25) is 0 Å². The van der Waals surface area contributed by atoms with Gasteiger partial charge in [-0.2, -0.15) is 0 Å². The second-order valence-corrected chi connectivity index (χ2v) is 5.80. The van der Waals surface area contributed by atoms with Crippen molar-refractivity contribution in [2.24, 2.45) is 4.99 Å². The number of nitrogens with one attached hydrogen (secondary N) is 2. The van der Waals surface area contributed by atoms with E-state index in [2.05, 4.69) is 41.6 Å². The normalized spacial score (nSPS) is 11.5. The Labute approximate surface area is 144 Å². The first kappa shape index (κ1) is 17.9. The summed E-state index contributed by atoms with van der Waals surface area (Å²) in [6, 6.07) is 8.24. The molecule has 0 aliphatic heterocycles. The summed E-state index contributed by atoms with van der Waals surface area (Å²) < 4.78 is 11.0. The first-order valence-electron chi connectivity index (χ1n) is 8.25. The summed E-state index contributed by atoms with van der Waals surface area (Å²) in [4.78, 5) is 4.64. The van der Waals surface area contributed by atoms with Crippen LogP contribution in [-0.2, 0) is 13.1 Å². The van der Waals surface area contributed by atoms with E-state index in [1.165, 1.54) is 5.56 Å². The molecule has 0 spiro atoms. The fourth-order valence-electron chi connectivity index (χ4n) is 2.52. The highest BCUT2D eigenvalue weighted by Gasteiger charge is 2.07. The van der Waals surface area contributed by atoms with E-state index >= 15 is 0 Å². The highest BCUT2D eigenvalue weighted by Crippen LogP contribution is 2.19. The second kappa shape index (κ2) is 8.43. The van der Waals surface area contributed by atoms with Crippen LogP contribution in [0.15, 0.2) is 33.7 Å². The Kier molecular flexibility index (Phi) is 6.29. The van der Waals surface area contributed by atoms with Gasteiger partial charge in [0.2, 0.25) is 0 Å². The van der Waals surface area contributed by atoms with Gasteiger partial charge in [0.15, 0.2) is 5.96 Å². The molecule has 0 saturated heterocycles. The van der Waals surface area contributed by atoms with Crippen molar-refractivity contribution in [3.8, 4) is 5.75 Å². The molecule has 0 aliphatic carbocycles. The molecule has 2 rings (SSSR count). The maximum Gasteiger partial charge on any atom is 0.191 e. The molecule has 2 N–H and O–H groups in total. The van der Waals surface area contributed by atoms with Gasteiger partial charge in [0.1, 0.15) is 17.3 Å². The van der Waals surface area contributed by atoms with E-state index in [1.54, 1.807) is 7.11 Å². The van der Waals surface area contributed by atoms with Crippen LogP contribution in [0.2, 0.25) is 0 Å². The minimum Gasteiger partial charge on any atom is -0.496 e. The smallest absolute Gasteiger partial charge is 0.191 e. The van der Waals surface area contributed by atoms with Gasteiger partial charge >= 0.3 is 0 Å². The molecule has 2 aromatic rings. The SMILES string of the molecule is CCNC(=NCc1cc(C)oc1C)NCc1ccc(C)cc1OC. The van der Waals surface area contributed by atoms with Crippen LogP contribution in [0.25, 0.3) is 0 Å². The molecule has 1 aromatic carbocycles. The van der Waals surface area contributed by atoms with E-state index in [4.69, 9.17) is 9.15 Å². The first-order valence-corrected chi connectivity index (χ1v) is 8.25. The van der Waals surface area contributed by atoms with Gasteiger partial charge in [-0.15, -0.1) is 0 Å². The summed E-state index contributed by atoms with van der Waals surface area (Å²) in [5.74, 6) is 3.50. The van der Waals surface area contributed by atoms with Gasteiger partial charge in [0.25, 0.3) is 0 Å². The number of rotatable bonds is 6. The van der Waals surface area contributed by atoms with E-state index in [0.29, 0.717) is 13.1 Å². The standard InChI is InChI=1S/C19H27N3O2/c1-6-20-19(22-12-17-10-14(3)24-15(17)4)21-11-16-8-7-13(2)9-18(16)23-5/h7-10H,6,11-12H2,1-5H3,(H2,20,21,22). The number of furan rings is 1. The molecular weight excluding hydrogens is 302 g/mol. The Balaban J connectivity index is 2.05. The summed E-state index contributed by atoms with van der Waals surface area (Å²) >= 11 is 0. The van der Waals surface area contributed by atoms with E-state index in [1.807, 2.05) is 26.0 Å². The van der Waals surface area contributed by atoms with E-state index < -0.39 is 0 Å². The topological polar surface area (TPSA) is 58.8 Å². The average molecular weight is 329 g/mol. The molecule has 0 radical (unpaired) electrons. The number of hydrogen-bond acceptors (Lipinski definition) is 3. The maximum absolute atomic E-state index is 5.55. The molecule has 1 aromatic heterocycles. The highest BCUT2D eigenvalue weighted by molar-refractivity contribution is 5.79. The molecule has 0 amide bonds. The largest absolute Gasteiger partial charge is 0.496 e. The lowest BCUT2D eigenvalue weighted by Gasteiger charge is -2.14. The van der Waals surface area contributed by atoms with E-state index in [-0.39, 0.29) is 0 Å². The Morgan fingerprint density at radius 1 is 1.12 bits per heavy atom. The van der Waals surface area contributed by atoms with E-state index in [9.17, 15) is 0 Å². The lowest BCUT2D eigenvalue weighted by molar-refractivity contribution is 0.408. The fourth-order valence-corrected chi connectivity index (χ4v) is 2.52. The van der Waals surface area contributed by atoms with Crippen LogP contribution < -0.4 is 15.4 Å². The third-order valence-corrected chi connectivity index (χ3v) is 3.78. The molecule has 130 valence electrons. The van der Waals surface area contributed by atoms with Gasteiger partial charge in [-0.25, -0.2) is 4.99 Å². The zero-order valence-electron chi connectivity index (χ0n) is 15.2. The van der Waals surface area contributed by atoms with Crippen molar-refractivity contribution in [3.05, 3.63) is 52.5 Å². The fraction of sp³-hybridized carbons (Fsp3) is 0.421. The van der Waals surface area contributed by atoms with Crippen LogP contribution >= 0.6 is 0 Å². The van der Waals surface area contributed by atoms with Gasteiger partial charge in [-0.05, 0) is 45.4 Å². The lowest BCUT2D eigenvalue weighted by Crippen LogP contribution is -2.36. The van der Waals surface area contributed by atoms with Crippen LogP contribution in [-0.4, -0.2) is 19.6 Å². The molecule has 0 unspecified atom stereocenters. The molecular formula is C19H27N3O2. The number of methoxy groups -OCH3 is 1. The third-order valence-electron chi connectivity index (χ3n) is 3.78. The van der Waals surface area contributed by atoms with Gasteiger partial charge in [0.05, 0.1) is 13.7 Å². The molecule has 0 bridgehead atoms. The average Bonchev–Trinajstić information content (AvgIpc) is 2.88. The molecule has 24 heavy (non-hydrogen) atoms. The van der Waals surface area contributed by atoms with Crippen LogP contribution in [0.5, 0.6) is 5.75 Å². The highest BCUT2D eigenvalue weighted by atomic mass is 16.5. The second-order valence-electron chi connectivity index (χ2n) is 5.80. The zero-order valence-corrected chi connectivity index (χ0v) is 15.2. The van der Waals surface area contributed by atoms with Crippen LogP contribution in [0, 0.1) is 20.8 Å². The quantitative estimate of drug-likeness (QED) is 0.629. The number of guanidine groups is 1. The van der Waals surface area contributed by atoms with Crippen LogP contribution in [0.3, 0.4) is 0 Å². The summed E-state index contributed by atoms with van der Waals surface area (Å²) in [5.41, 5.74) is 3.39. The Bertz CT molecular complexity index is 705. The number of aryl methyl sites for hydroxylation is 3. The minimum absolute atomic E-state index is 0.587. The Morgan fingerprint density at radius 3 is 2.54 bits per heavy atom. The van der Waals surface area contributed by atoms with Gasteiger partial charge < -0.3 is 19.8 Å². The first-order chi connectivity index (χ1) is 11.5. The number of aliphatic imine (C=N–C) groups is 1. The van der Waals surface area contributed by atoms with Crippen molar-refractivity contribution in [1.29, 1.82) is 0 Å². The number of nitrogens with zero attached hydrogens (tertiary/aromatic N) is 1. The maximum atomic E-state index is 5.55. The molecule has 5 nitrogen and oxygen atoms in total. The Hall–Kier alpha value is -2.43. The molecule has 0 aliphatic rings. The van der Waals surface area contributed by atoms with Crippen molar-refractivity contribution >= 4 is 5.96 Å². The van der Waals surface area contributed by atoms with Gasteiger partial charge in [0, 0.05) is 24.2 Å². The molecule has 0 fully saturated rings. The summed E-state index contributed by atoms with van der Waals surface area (Å²) in [6.07, 6.45) is 0. The third kappa shape index (κ3) is 4.78. The predicted molar refractivity (Wildman–Crippen MR) is 97.6 cm³/mol. The monoisotopic (exact) mass is 329 g/mol. The summed E-state index contributed by atoms with van der Waals surface area (Å²) in [7, 11) is 1.70. The summed E-state index contributed by atoms with van der Waals surface area (Å²) in [6.45, 7) is 10.1. The molecule has 5 heteroatoms. The lowest BCUT2D eigenvalue weighted by atomic mass is 10.1. The number of hydrogen-bond donors (Lipinski definition) is 2. The molecule has 0 saturated carbocycles. The van der Waals surface area contributed by atoms with Crippen LogP contribution in [0.1, 0.15) is 35.1 Å². The van der Waals surface area contributed by atoms with Crippen LogP contribution in [0.4, 0.5) is 0 Å². The van der Waals surface area contributed by atoms with Crippen molar-refractivity contribution in [3.63, 3.8) is 0 Å². The Morgan fingerprint density at radius 2 is 1.92 bits per heavy atom. The minimum atomic E-state index is 0.587. The molecule has 1 heterocycles. The summed E-state index contributed by atoms with van der Waals surface area (Å²) in [5, 5.41) is 6.62. The van der Waals surface area contributed by atoms with Crippen molar-refractivity contribution < 1.29 is 9.15 Å². The van der Waals surface area contributed by atoms with Crippen molar-refractivity contribution in [1.82, 2.24) is 10.6 Å². The number of ether oxygens (including phenoxy) is 1. The zero-order chi connectivity index (χ0) is 17.5. The van der Waals surface area contributed by atoms with E-state index in [0.717, 1.165) is 40.9 Å². The molecule has 0 atom stereocenters. The van der Waals surface area contributed by atoms with Crippen molar-refractivity contribution in [2.75, 3.05) is 13.7 Å². The predicted octanol–water partition coefficient (Wildman–Crippen LogP) is 3.47. The number of benzene rings is 1.